The first-order chi connectivity index (χ1) is 20.1. The Morgan fingerprint density at radius 2 is 1.27 bits per heavy atom. The highest BCUT2D eigenvalue weighted by Gasteiger charge is 2.35. The number of hydrogen-bond acceptors (Lipinski definition) is 6. The summed E-state index contributed by atoms with van der Waals surface area (Å²) >= 11 is 0. The van der Waals surface area contributed by atoms with Crippen LogP contribution >= 0.6 is 0 Å². The van der Waals surface area contributed by atoms with E-state index in [-0.39, 0.29) is 31.6 Å². The normalized spacial score (nSPS) is 17.9. The summed E-state index contributed by atoms with van der Waals surface area (Å²) in [5.41, 5.74) is 0. The number of carbonyl (C=O) groups excluding carboxylic acids is 2. The maximum Gasteiger partial charge on any atom is 0.306 e. The lowest BCUT2D eigenvalue weighted by Crippen LogP contribution is -2.28. The molecule has 0 aliphatic carbocycles. The molecule has 1 fully saturated rings. The third-order valence-corrected chi connectivity index (χ3v) is 6.74. The van der Waals surface area contributed by atoms with Crippen LogP contribution in [0.5, 0.6) is 0 Å². The van der Waals surface area contributed by atoms with Crippen molar-refractivity contribution in [1.82, 2.24) is 0 Å². The van der Waals surface area contributed by atoms with Gasteiger partial charge in [0.1, 0.15) is 6.61 Å². The third-order valence-electron chi connectivity index (χ3n) is 6.74. The first-order valence-corrected chi connectivity index (χ1v) is 16.0. The molecule has 1 aliphatic rings. The Balaban J connectivity index is 1.99. The standard InChI is InChI=1S/C35H56O6/c1-3-5-7-8-15-20-24-28-35(38)40-31(29-36)30-39-34(37)27-23-19-17-14-12-10-9-11-13-16-18-22-26-33-32(41-33)25-21-6-4-2/h6,10-13,17-19,21-22,31-33,36H,3-5,7-9,14-16,20,23-30H2,1-2H3/b12-10-,13-11-,19-17-,21-6-,22-18-/t31-,32?,33?/m0/s1. The number of allylic oxidation sites excluding steroid dienone is 8. The van der Waals surface area contributed by atoms with Gasteiger partial charge in [0.05, 0.1) is 18.8 Å². The number of epoxide rings is 1. The topological polar surface area (TPSA) is 85.4 Å². The minimum atomic E-state index is -0.801. The summed E-state index contributed by atoms with van der Waals surface area (Å²) in [7, 11) is 0. The highest BCUT2D eigenvalue weighted by atomic mass is 16.6. The van der Waals surface area contributed by atoms with Crippen LogP contribution in [0.25, 0.3) is 0 Å². The van der Waals surface area contributed by atoms with Crippen LogP contribution in [-0.4, -0.2) is 48.6 Å². The molecule has 1 aliphatic heterocycles. The summed E-state index contributed by atoms with van der Waals surface area (Å²) in [6, 6.07) is 0. The van der Waals surface area contributed by atoms with Gasteiger partial charge in [0.15, 0.2) is 6.10 Å². The third kappa shape index (κ3) is 22.9. The molecule has 6 heteroatoms. The van der Waals surface area contributed by atoms with Gasteiger partial charge >= 0.3 is 11.9 Å². The van der Waals surface area contributed by atoms with Crippen LogP contribution in [-0.2, 0) is 23.8 Å². The van der Waals surface area contributed by atoms with Gasteiger partial charge in [-0.3, -0.25) is 9.59 Å². The number of carbonyl (C=O) groups is 2. The first-order valence-electron chi connectivity index (χ1n) is 16.0. The molecule has 1 saturated heterocycles. The van der Waals surface area contributed by atoms with E-state index in [1.165, 1.54) is 25.7 Å². The second-order valence-electron chi connectivity index (χ2n) is 10.5. The summed E-state index contributed by atoms with van der Waals surface area (Å²) in [6.07, 6.45) is 36.2. The molecule has 0 spiro atoms. The number of rotatable bonds is 26. The summed E-state index contributed by atoms with van der Waals surface area (Å²) in [5.74, 6) is -0.708. The highest BCUT2D eigenvalue weighted by Crippen LogP contribution is 2.29. The van der Waals surface area contributed by atoms with Gasteiger partial charge in [-0.2, -0.15) is 0 Å². The average Bonchev–Trinajstić information content (AvgIpc) is 3.72. The van der Waals surface area contributed by atoms with E-state index in [2.05, 4.69) is 62.5 Å². The lowest BCUT2D eigenvalue weighted by atomic mass is 10.1. The fraction of sp³-hybridized carbons (Fsp3) is 0.657. The fourth-order valence-corrected chi connectivity index (χ4v) is 4.21. The number of ether oxygens (including phenoxy) is 3. The molecule has 41 heavy (non-hydrogen) atoms. The zero-order valence-electron chi connectivity index (χ0n) is 25.7. The molecule has 0 bridgehead atoms. The molecule has 0 saturated carbocycles. The monoisotopic (exact) mass is 572 g/mol. The second-order valence-corrected chi connectivity index (χ2v) is 10.5. The van der Waals surface area contributed by atoms with E-state index in [0.29, 0.717) is 25.0 Å². The smallest absolute Gasteiger partial charge is 0.306 e. The molecule has 2 unspecified atom stereocenters. The van der Waals surface area contributed by atoms with Crippen LogP contribution in [0.2, 0.25) is 0 Å². The van der Waals surface area contributed by atoms with Crippen molar-refractivity contribution < 1.29 is 28.9 Å². The molecule has 0 radical (unpaired) electrons. The van der Waals surface area contributed by atoms with E-state index in [9.17, 15) is 14.7 Å². The van der Waals surface area contributed by atoms with Crippen molar-refractivity contribution in [2.45, 2.75) is 135 Å². The molecule has 0 aromatic rings. The van der Waals surface area contributed by atoms with Crippen molar-refractivity contribution in [3.8, 4) is 0 Å². The Labute approximate surface area is 249 Å². The molecular formula is C35H56O6. The van der Waals surface area contributed by atoms with E-state index in [1.54, 1.807) is 0 Å². The minimum absolute atomic E-state index is 0.111. The van der Waals surface area contributed by atoms with Crippen LogP contribution < -0.4 is 0 Å². The molecule has 0 amide bonds. The molecular weight excluding hydrogens is 516 g/mol. The van der Waals surface area contributed by atoms with Crippen molar-refractivity contribution >= 4 is 11.9 Å². The summed E-state index contributed by atoms with van der Waals surface area (Å²) in [4.78, 5) is 23.9. The number of unbranched alkanes of at least 4 members (excludes halogenated alkanes) is 6. The van der Waals surface area contributed by atoms with E-state index in [0.717, 1.165) is 57.8 Å². The van der Waals surface area contributed by atoms with Crippen molar-refractivity contribution in [2.75, 3.05) is 13.2 Å². The van der Waals surface area contributed by atoms with Gasteiger partial charge in [0.2, 0.25) is 0 Å². The molecule has 1 heterocycles. The molecule has 1 rings (SSSR count). The lowest BCUT2D eigenvalue weighted by Gasteiger charge is -2.15. The van der Waals surface area contributed by atoms with E-state index >= 15 is 0 Å². The summed E-state index contributed by atoms with van der Waals surface area (Å²) in [6.45, 7) is 3.87. The average molecular weight is 573 g/mol. The first kappa shape index (κ1) is 36.6. The van der Waals surface area contributed by atoms with E-state index in [1.807, 2.05) is 12.2 Å². The number of aliphatic hydroxyl groups is 1. The second kappa shape index (κ2) is 26.5. The molecule has 0 aromatic carbocycles. The maximum absolute atomic E-state index is 12.0. The Kier molecular flexibility index (Phi) is 23.6. The van der Waals surface area contributed by atoms with Crippen molar-refractivity contribution in [1.29, 1.82) is 0 Å². The van der Waals surface area contributed by atoms with Crippen LogP contribution in [0, 0.1) is 0 Å². The van der Waals surface area contributed by atoms with E-state index in [4.69, 9.17) is 14.2 Å². The number of esters is 2. The Hall–Kier alpha value is -2.44. The van der Waals surface area contributed by atoms with Crippen LogP contribution in [0.3, 0.4) is 0 Å². The van der Waals surface area contributed by atoms with E-state index < -0.39 is 6.10 Å². The summed E-state index contributed by atoms with van der Waals surface area (Å²) < 4.78 is 16.1. The largest absolute Gasteiger partial charge is 0.462 e. The molecule has 0 aromatic heterocycles. The SMILES string of the molecule is CC/C=C\CC1OC1C/C=C\C/C=C\C/C=C\C/C=C\CCC(=O)OC[C@H](CO)OC(=O)CCCCCCCCC. The maximum atomic E-state index is 12.0. The Morgan fingerprint density at radius 3 is 1.88 bits per heavy atom. The molecule has 6 nitrogen and oxygen atoms in total. The van der Waals surface area contributed by atoms with Gasteiger partial charge in [-0.15, -0.1) is 0 Å². The van der Waals surface area contributed by atoms with Gasteiger partial charge < -0.3 is 19.3 Å². The zero-order chi connectivity index (χ0) is 29.8. The van der Waals surface area contributed by atoms with Gasteiger partial charge in [0.25, 0.3) is 0 Å². The minimum Gasteiger partial charge on any atom is -0.462 e. The van der Waals surface area contributed by atoms with Crippen LogP contribution in [0.15, 0.2) is 60.8 Å². The molecule has 3 atom stereocenters. The Morgan fingerprint density at radius 1 is 0.707 bits per heavy atom. The Bertz CT molecular complexity index is 809. The van der Waals surface area contributed by atoms with Crippen molar-refractivity contribution in [3.63, 3.8) is 0 Å². The highest BCUT2D eigenvalue weighted by molar-refractivity contribution is 5.70. The zero-order valence-corrected chi connectivity index (χ0v) is 25.7. The van der Waals surface area contributed by atoms with Crippen molar-refractivity contribution in [3.05, 3.63) is 60.8 Å². The predicted molar refractivity (Wildman–Crippen MR) is 168 cm³/mol. The quantitative estimate of drug-likeness (QED) is 0.0486. The molecule has 1 N–H and O–H groups in total. The van der Waals surface area contributed by atoms with Crippen molar-refractivity contribution in [2.24, 2.45) is 0 Å². The van der Waals surface area contributed by atoms with Gasteiger partial charge in [-0.05, 0) is 51.4 Å². The lowest BCUT2D eigenvalue weighted by molar-refractivity contribution is -0.161. The molecule has 232 valence electrons. The summed E-state index contributed by atoms with van der Waals surface area (Å²) in [5, 5.41) is 9.44. The van der Waals surface area contributed by atoms with Gasteiger partial charge in [-0.25, -0.2) is 0 Å². The number of aliphatic hydroxyl groups excluding tert-OH is 1. The van der Waals surface area contributed by atoms with Gasteiger partial charge in [-0.1, -0.05) is 113 Å². The van der Waals surface area contributed by atoms with Crippen LogP contribution in [0.1, 0.15) is 117 Å². The van der Waals surface area contributed by atoms with Gasteiger partial charge in [0, 0.05) is 12.8 Å². The van der Waals surface area contributed by atoms with Crippen LogP contribution in [0.4, 0.5) is 0 Å². The fourth-order valence-electron chi connectivity index (χ4n) is 4.21. The number of hydrogen-bond donors (Lipinski definition) is 1. The predicted octanol–water partition coefficient (Wildman–Crippen LogP) is 8.26.